The van der Waals surface area contributed by atoms with Gasteiger partial charge >= 0.3 is 0 Å². The Labute approximate surface area is 135 Å². The summed E-state index contributed by atoms with van der Waals surface area (Å²) >= 11 is 0. The fourth-order valence-corrected chi connectivity index (χ4v) is 2.86. The first kappa shape index (κ1) is 16.0. The van der Waals surface area contributed by atoms with Crippen molar-refractivity contribution in [1.82, 2.24) is 5.32 Å². The molecule has 23 heavy (non-hydrogen) atoms. The van der Waals surface area contributed by atoms with E-state index in [9.17, 15) is 9.18 Å². The van der Waals surface area contributed by atoms with Crippen molar-refractivity contribution in [3.63, 3.8) is 0 Å². The third-order valence-corrected chi connectivity index (χ3v) is 4.12. The van der Waals surface area contributed by atoms with Crippen LogP contribution in [0.15, 0.2) is 18.2 Å². The molecule has 0 spiro atoms. The van der Waals surface area contributed by atoms with E-state index in [0.717, 1.165) is 5.69 Å². The van der Waals surface area contributed by atoms with Crippen molar-refractivity contribution in [3.05, 3.63) is 24.0 Å². The standard InChI is InChI=1S/C16H22FN3O3/c1-12(21)18-9-14-10-20(11-23-14)13-2-3-16(15(17)8-13)19-4-6-22-7-5-19/h2-3,8,14H,4-7,9-11H2,1H3,(H,18,21)/t14-/m0/s1. The molecule has 0 aromatic heterocycles. The average Bonchev–Trinajstić information content (AvgIpc) is 3.02. The molecule has 2 saturated heterocycles. The molecule has 1 aromatic carbocycles. The first-order chi connectivity index (χ1) is 11.1. The van der Waals surface area contributed by atoms with Crippen molar-refractivity contribution in [3.8, 4) is 0 Å². The van der Waals surface area contributed by atoms with Crippen LogP contribution in [0.5, 0.6) is 0 Å². The second-order valence-corrected chi connectivity index (χ2v) is 5.81. The highest BCUT2D eigenvalue weighted by atomic mass is 19.1. The van der Waals surface area contributed by atoms with Crippen molar-refractivity contribution in [2.45, 2.75) is 13.0 Å². The lowest BCUT2D eigenvalue weighted by Crippen LogP contribution is -2.36. The van der Waals surface area contributed by atoms with Crippen LogP contribution in [0.4, 0.5) is 15.8 Å². The third kappa shape index (κ3) is 3.92. The number of nitrogens with one attached hydrogen (secondary N) is 1. The lowest BCUT2D eigenvalue weighted by molar-refractivity contribution is -0.119. The second kappa shape index (κ2) is 7.14. The van der Waals surface area contributed by atoms with Gasteiger partial charge < -0.3 is 24.6 Å². The predicted octanol–water partition coefficient (Wildman–Crippen LogP) is 0.961. The summed E-state index contributed by atoms with van der Waals surface area (Å²) in [6, 6.07) is 5.28. The van der Waals surface area contributed by atoms with Crippen LogP contribution >= 0.6 is 0 Å². The molecule has 1 N–H and O–H groups in total. The quantitative estimate of drug-likeness (QED) is 0.894. The van der Waals surface area contributed by atoms with Crippen LogP contribution < -0.4 is 15.1 Å². The van der Waals surface area contributed by atoms with E-state index in [0.29, 0.717) is 51.8 Å². The number of amides is 1. The summed E-state index contributed by atoms with van der Waals surface area (Å²) in [7, 11) is 0. The average molecular weight is 323 g/mol. The molecular formula is C16H22FN3O3. The van der Waals surface area contributed by atoms with Crippen LogP contribution in [-0.2, 0) is 14.3 Å². The zero-order chi connectivity index (χ0) is 16.2. The molecule has 0 radical (unpaired) electrons. The molecule has 2 aliphatic rings. The van der Waals surface area contributed by atoms with Gasteiger partial charge in [-0.05, 0) is 18.2 Å². The Morgan fingerprint density at radius 1 is 1.35 bits per heavy atom. The van der Waals surface area contributed by atoms with Crippen LogP contribution in [0.2, 0.25) is 0 Å². The first-order valence-electron chi connectivity index (χ1n) is 7.87. The Balaban J connectivity index is 1.63. The number of carbonyl (C=O) groups is 1. The van der Waals surface area contributed by atoms with E-state index in [1.807, 2.05) is 21.9 Å². The lowest BCUT2D eigenvalue weighted by atomic mass is 10.2. The van der Waals surface area contributed by atoms with Gasteiger partial charge in [-0.2, -0.15) is 0 Å². The maximum Gasteiger partial charge on any atom is 0.216 e. The number of ether oxygens (including phenoxy) is 2. The van der Waals surface area contributed by atoms with Crippen molar-refractivity contribution >= 4 is 17.3 Å². The van der Waals surface area contributed by atoms with Gasteiger partial charge in [0.25, 0.3) is 0 Å². The highest BCUT2D eigenvalue weighted by Crippen LogP contribution is 2.27. The molecule has 1 atom stereocenters. The fraction of sp³-hybridized carbons (Fsp3) is 0.562. The highest BCUT2D eigenvalue weighted by Gasteiger charge is 2.24. The zero-order valence-corrected chi connectivity index (χ0v) is 13.3. The van der Waals surface area contributed by atoms with E-state index >= 15 is 0 Å². The summed E-state index contributed by atoms with van der Waals surface area (Å²) in [4.78, 5) is 14.9. The van der Waals surface area contributed by atoms with Crippen LogP contribution in [0.3, 0.4) is 0 Å². The van der Waals surface area contributed by atoms with Gasteiger partial charge in [0.15, 0.2) is 0 Å². The number of halogens is 1. The number of morpholine rings is 1. The fourth-order valence-electron chi connectivity index (χ4n) is 2.86. The van der Waals surface area contributed by atoms with Gasteiger partial charge in [0, 0.05) is 38.8 Å². The first-order valence-corrected chi connectivity index (χ1v) is 7.87. The molecule has 126 valence electrons. The maximum atomic E-state index is 14.4. The Kier molecular flexibility index (Phi) is 4.97. The van der Waals surface area contributed by atoms with Gasteiger partial charge in [-0.15, -0.1) is 0 Å². The monoisotopic (exact) mass is 323 g/mol. The normalized spacial score (nSPS) is 21.6. The molecule has 6 nitrogen and oxygen atoms in total. The molecule has 1 aromatic rings. The molecule has 2 fully saturated rings. The van der Waals surface area contributed by atoms with Gasteiger partial charge in [0.2, 0.25) is 5.91 Å². The summed E-state index contributed by atoms with van der Waals surface area (Å²) < 4.78 is 25.3. The molecular weight excluding hydrogens is 301 g/mol. The predicted molar refractivity (Wildman–Crippen MR) is 85.2 cm³/mol. The van der Waals surface area contributed by atoms with E-state index in [4.69, 9.17) is 9.47 Å². The summed E-state index contributed by atoms with van der Waals surface area (Å²) in [6.07, 6.45) is -0.0686. The van der Waals surface area contributed by atoms with Crippen LogP contribution in [-0.4, -0.2) is 58.1 Å². The van der Waals surface area contributed by atoms with E-state index in [1.54, 1.807) is 6.07 Å². The number of rotatable bonds is 4. The summed E-state index contributed by atoms with van der Waals surface area (Å²) in [5, 5.41) is 2.74. The van der Waals surface area contributed by atoms with Gasteiger partial charge in [-0.1, -0.05) is 0 Å². The Morgan fingerprint density at radius 3 is 2.83 bits per heavy atom. The largest absolute Gasteiger partial charge is 0.378 e. The minimum absolute atomic E-state index is 0.0686. The molecule has 0 aliphatic carbocycles. The minimum Gasteiger partial charge on any atom is -0.378 e. The highest BCUT2D eigenvalue weighted by molar-refractivity contribution is 5.72. The Hall–Kier alpha value is -1.86. The van der Waals surface area contributed by atoms with E-state index < -0.39 is 0 Å². The molecule has 2 heterocycles. The van der Waals surface area contributed by atoms with Crippen LogP contribution in [0.25, 0.3) is 0 Å². The topological polar surface area (TPSA) is 54.0 Å². The minimum atomic E-state index is -0.227. The number of benzene rings is 1. The van der Waals surface area contributed by atoms with Gasteiger partial charge in [0.05, 0.1) is 25.0 Å². The zero-order valence-electron chi connectivity index (χ0n) is 13.3. The molecule has 0 saturated carbocycles. The number of hydrogen-bond donors (Lipinski definition) is 1. The van der Waals surface area contributed by atoms with Gasteiger partial charge in [-0.25, -0.2) is 4.39 Å². The van der Waals surface area contributed by atoms with Crippen molar-refractivity contribution in [1.29, 1.82) is 0 Å². The molecule has 3 rings (SSSR count). The summed E-state index contributed by atoms with van der Waals surface area (Å²) in [6.45, 7) is 5.67. The number of nitrogens with zero attached hydrogens (tertiary/aromatic N) is 2. The maximum absolute atomic E-state index is 14.4. The Morgan fingerprint density at radius 2 is 2.13 bits per heavy atom. The number of anilines is 2. The van der Waals surface area contributed by atoms with Gasteiger partial charge in [-0.3, -0.25) is 4.79 Å². The second-order valence-electron chi connectivity index (χ2n) is 5.81. The van der Waals surface area contributed by atoms with E-state index in [2.05, 4.69) is 5.32 Å². The van der Waals surface area contributed by atoms with Crippen LogP contribution in [0, 0.1) is 5.82 Å². The molecule has 0 unspecified atom stereocenters. The summed E-state index contributed by atoms with van der Waals surface area (Å²) in [5.74, 6) is -0.303. The SMILES string of the molecule is CC(=O)NC[C@H]1CN(c2ccc(N3CCOCC3)c(F)c2)CO1. The molecule has 1 amide bonds. The molecule has 7 heteroatoms. The summed E-state index contributed by atoms with van der Waals surface area (Å²) in [5.41, 5.74) is 1.41. The van der Waals surface area contributed by atoms with E-state index in [-0.39, 0.29) is 17.8 Å². The van der Waals surface area contributed by atoms with Crippen LogP contribution in [0.1, 0.15) is 6.92 Å². The van der Waals surface area contributed by atoms with Crippen molar-refractivity contribution < 1.29 is 18.7 Å². The van der Waals surface area contributed by atoms with Crippen molar-refractivity contribution in [2.75, 3.05) is 55.9 Å². The van der Waals surface area contributed by atoms with E-state index in [1.165, 1.54) is 6.92 Å². The molecule has 0 bridgehead atoms. The Bertz CT molecular complexity index is 564. The number of hydrogen-bond acceptors (Lipinski definition) is 5. The number of carbonyl (C=O) groups excluding carboxylic acids is 1. The van der Waals surface area contributed by atoms with Gasteiger partial charge in [0.1, 0.15) is 12.5 Å². The lowest BCUT2D eigenvalue weighted by Gasteiger charge is -2.29. The molecule has 2 aliphatic heterocycles. The van der Waals surface area contributed by atoms with Crippen molar-refractivity contribution in [2.24, 2.45) is 0 Å². The smallest absolute Gasteiger partial charge is 0.216 e. The third-order valence-electron chi connectivity index (χ3n) is 4.12.